The van der Waals surface area contributed by atoms with Crippen molar-refractivity contribution in [1.29, 1.82) is 0 Å². The van der Waals surface area contributed by atoms with Crippen LogP contribution in [0, 0.1) is 6.92 Å². The molecule has 2 rings (SSSR count). The number of rotatable bonds is 2. The first-order chi connectivity index (χ1) is 8.65. The summed E-state index contributed by atoms with van der Waals surface area (Å²) in [5.41, 5.74) is 7.00. The molecule has 0 radical (unpaired) electrons. The number of carbonyl (C=O) groups excluding carboxylic acids is 1. The maximum Gasteiger partial charge on any atom is 0.319 e. The molecule has 1 aromatic rings. The number of hydrogen-bond donors (Lipinski definition) is 3. The van der Waals surface area contributed by atoms with Crippen LogP contribution in [0.5, 0.6) is 0 Å². The van der Waals surface area contributed by atoms with Gasteiger partial charge in [-0.05, 0) is 31.9 Å². The van der Waals surface area contributed by atoms with Gasteiger partial charge in [-0.25, -0.2) is 9.78 Å². The minimum Gasteiger partial charge on any atom is -0.384 e. The second-order valence-corrected chi connectivity index (χ2v) is 4.80. The van der Waals surface area contributed by atoms with Crippen molar-refractivity contribution in [1.82, 2.24) is 10.3 Å². The molecule has 0 saturated heterocycles. The molecule has 98 valence electrons. The molecule has 1 heterocycles. The van der Waals surface area contributed by atoms with Crippen molar-refractivity contribution >= 4 is 17.5 Å². The van der Waals surface area contributed by atoms with Crippen molar-refractivity contribution < 1.29 is 4.79 Å². The van der Waals surface area contributed by atoms with E-state index in [2.05, 4.69) is 15.6 Å². The van der Waals surface area contributed by atoms with E-state index in [0.717, 1.165) is 18.5 Å². The predicted molar refractivity (Wildman–Crippen MR) is 72.4 cm³/mol. The van der Waals surface area contributed by atoms with Gasteiger partial charge < -0.3 is 16.4 Å². The molecule has 1 aromatic heterocycles. The molecule has 0 aromatic carbocycles. The quantitative estimate of drug-likeness (QED) is 0.752. The molecule has 1 aliphatic rings. The number of nitrogens with two attached hydrogens (primary N) is 1. The molecule has 0 atom stereocenters. The summed E-state index contributed by atoms with van der Waals surface area (Å²) in [5.74, 6) is 0.464. The van der Waals surface area contributed by atoms with Gasteiger partial charge in [-0.15, -0.1) is 0 Å². The van der Waals surface area contributed by atoms with E-state index in [1.165, 1.54) is 19.3 Å². The molecule has 2 amide bonds. The average Bonchev–Trinajstić information content (AvgIpc) is 2.34. The van der Waals surface area contributed by atoms with Crippen molar-refractivity contribution in [2.24, 2.45) is 0 Å². The Hall–Kier alpha value is -1.78. The summed E-state index contributed by atoms with van der Waals surface area (Å²) in [4.78, 5) is 15.9. The minimum absolute atomic E-state index is 0.156. The van der Waals surface area contributed by atoms with E-state index in [9.17, 15) is 4.79 Å². The van der Waals surface area contributed by atoms with Crippen LogP contribution in [0.3, 0.4) is 0 Å². The van der Waals surface area contributed by atoms with E-state index < -0.39 is 0 Å². The normalized spacial score (nSPS) is 16.3. The molecule has 18 heavy (non-hydrogen) atoms. The SMILES string of the molecule is Cc1nc(N)ccc1NC(=O)NC1CCCCC1. The fourth-order valence-corrected chi connectivity index (χ4v) is 2.30. The number of hydrogen-bond acceptors (Lipinski definition) is 3. The lowest BCUT2D eigenvalue weighted by Gasteiger charge is -2.23. The zero-order chi connectivity index (χ0) is 13.0. The Morgan fingerprint density at radius 1 is 1.33 bits per heavy atom. The highest BCUT2D eigenvalue weighted by molar-refractivity contribution is 5.90. The molecule has 0 bridgehead atoms. The van der Waals surface area contributed by atoms with E-state index >= 15 is 0 Å². The third-order valence-corrected chi connectivity index (χ3v) is 3.30. The Morgan fingerprint density at radius 3 is 2.72 bits per heavy atom. The van der Waals surface area contributed by atoms with E-state index in [1.54, 1.807) is 12.1 Å². The predicted octanol–water partition coefficient (Wildman–Crippen LogP) is 2.43. The van der Waals surface area contributed by atoms with Crippen LogP contribution in [0.4, 0.5) is 16.3 Å². The number of pyridine rings is 1. The van der Waals surface area contributed by atoms with Crippen molar-refractivity contribution in [3.8, 4) is 0 Å². The van der Waals surface area contributed by atoms with Gasteiger partial charge in [0.1, 0.15) is 5.82 Å². The number of nitrogens with zero attached hydrogens (tertiary/aromatic N) is 1. The molecule has 5 heteroatoms. The largest absolute Gasteiger partial charge is 0.384 e. The Labute approximate surface area is 107 Å². The lowest BCUT2D eigenvalue weighted by atomic mass is 9.96. The number of carbonyl (C=O) groups is 1. The molecule has 1 saturated carbocycles. The highest BCUT2D eigenvalue weighted by Gasteiger charge is 2.15. The van der Waals surface area contributed by atoms with Gasteiger partial charge in [0.15, 0.2) is 0 Å². The second kappa shape index (κ2) is 5.71. The van der Waals surface area contributed by atoms with Gasteiger partial charge in [-0.2, -0.15) is 0 Å². The maximum atomic E-state index is 11.8. The van der Waals surface area contributed by atoms with Crippen molar-refractivity contribution in [2.45, 2.75) is 45.1 Å². The molecule has 4 N–H and O–H groups in total. The summed E-state index contributed by atoms with van der Waals surface area (Å²) in [6.07, 6.45) is 5.83. The summed E-state index contributed by atoms with van der Waals surface area (Å²) >= 11 is 0. The number of amides is 2. The summed E-state index contributed by atoms with van der Waals surface area (Å²) < 4.78 is 0. The van der Waals surface area contributed by atoms with E-state index in [1.807, 2.05) is 6.92 Å². The summed E-state index contributed by atoms with van der Waals surface area (Å²) in [5, 5.41) is 5.82. The molecule has 1 fully saturated rings. The molecular formula is C13H20N4O. The third-order valence-electron chi connectivity index (χ3n) is 3.30. The van der Waals surface area contributed by atoms with Crippen molar-refractivity contribution in [2.75, 3.05) is 11.1 Å². The number of nitrogens with one attached hydrogen (secondary N) is 2. The number of urea groups is 1. The standard InChI is InChI=1S/C13H20N4O/c1-9-11(7-8-12(14)15-9)17-13(18)16-10-5-3-2-4-6-10/h7-8,10H,2-6H2,1H3,(H2,14,15)(H2,16,17,18). The van der Waals surface area contributed by atoms with Crippen LogP contribution in [-0.4, -0.2) is 17.1 Å². The Morgan fingerprint density at radius 2 is 2.06 bits per heavy atom. The Kier molecular flexibility index (Phi) is 4.02. The molecule has 0 spiro atoms. The van der Waals surface area contributed by atoms with E-state index in [4.69, 9.17) is 5.73 Å². The zero-order valence-corrected chi connectivity index (χ0v) is 10.7. The van der Waals surface area contributed by atoms with Gasteiger partial charge in [0, 0.05) is 6.04 Å². The highest BCUT2D eigenvalue weighted by atomic mass is 16.2. The maximum absolute atomic E-state index is 11.8. The number of aromatic nitrogens is 1. The van der Waals surface area contributed by atoms with E-state index in [0.29, 0.717) is 17.5 Å². The molecule has 0 unspecified atom stereocenters. The summed E-state index contributed by atoms with van der Waals surface area (Å²) in [6, 6.07) is 3.61. The first-order valence-electron chi connectivity index (χ1n) is 6.46. The number of anilines is 2. The van der Waals surface area contributed by atoms with Crippen LogP contribution < -0.4 is 16.4 Å². The lowest BCUT2D eigenvalue weighted by molar-refractivity contribution is 0.244. The van der Waals surface area contributed by atoms with Gasteiger partial charge in [-0.1, -0.05) is 19.3 Å². The highest BCUT2D eigenvalue weighted by Crippen LogP contribution is 2.18. The fourth-order valence-electron chi connectivity index (χ4n) is 2.30. The van der Waals surface area contributed by atoms with Gasteiger partial charge in [0.2, 0.25) is 0 Å². The van der Waals surface area contributed by atoms with Crippen LogP contribution in [0.15, 0.2) is 12.1 Å². The van der Waals surface area contributed by atoms with E-state index in [-0.39, 0.29) is 6.03 Å². The number of aryl methyl sites for hydroxylation is 1. The van der Waals surface area contributed by atoms with Crippen LogP contribution in [0.2, 0.25) is 0 Å². The summed E-state index contributed by atoms with van der Waals surface area (Å²) in [7, 11) is 0. The minimum atomic E-state index is -0.156. The van der Waals surface area contributed by atoms with Crippen LogP contribution in [0.1, 0.15) is 37.8 Å². The third kappa shape index (κ3) is 3.35. The topological polar surface area (TPSA) is 80.0 Å². The molecule has 1 aliphatic carbocycles. The van der Waals surface area contributed by atoms with Gasteiger partial charge >= 0.3 is 6.03 Å². The molecular weight excluding hydrogens is 228 g/mol. The Balaban J connectivity index is 1.90. The lowest BCUT2D eigenvalue weighted by Crippen LogP contribution is -2.39. The van der Waals surface area contributed by atoms with Gasteiger partial charge in [0.05, 0.1) is 11.4 Å². The molecule has 0 aliphatic heterocycles. The monoisotopic (exact) mass is 248 g/mol. The fraction of sp³-hybridized carbons (Fsp3) is 0.538. The van der Waals surface area contributed by atoms with Crippen LogP contribution in [-0.2, 0) is 0 Å². The molecule has 5 nitrogen and oxygen atoms in total. The van der Waals surface area contributed by atoms with Gasteiger partial charge in [0.25, 0.3) is 0 Å². The van der Waals surface area contributed by atoms with Crippen LogP contribution in [0.25, 0.3) is 0 Å². The number of nitrogen functional groups attached to an aromatic ring is 1. The van der Waals surface area contributed by atoms with Gasteiger partial charge in [-0.3, -0.25) is 0 Å². The second-order valence-electron chi connectivity index (χ2n) is 4.80. The van der Waals surface area contributed by atoms with Crippen molar-refractivity contribution in [3.63, 3.8) is 0 Å². The first-order valence-corrected chi connectivity index (χ1v) is 6.46. The first kappa shape index (κ1) is 12.7. The average molecular weight is 248 g/mol. The zero-order valence-electron chi connectivity index (χ0n) is 10.7. The summed E-state index contributed by atoms with van der Waals surface area (Å²) in [6.45, 7) is 1.83. The van der Waals surface area contributed by atoms with Crippen molar-refractivity contribution in [3.05, 3.63) is 17.8 Å². The smallest absolute Gasteiger partial charge is 0.319 e. The Bertz CT molecular complexity index is 427. The van der Waals surface area contributed by atoms with Crippen LogP contribution >= 0.6 is 0 Å².